The molecule has 0 aliphatic heterocycles. The van der Waals surface area contributed by atoms with E-state index < -0.39 is 23.8 Å². The van der Waals surface area contributed by atoms with Crippen molar-refractivity contribution in [3.05, 3.63) is 20.8 Å². The van der Waals surface area contributed by atoms with Crippen LogP contribution in [0, 0.1) is 0 Å². The standard InChI is InChI=1S/C13H17N5O4/c1-17-10-9(11(21)16-13(17)22)18(6-8(19)20)12(15-10)14-7-4-2-3-5-7/h7H,2-6H2,1H3,(H,14,15)(H,19,20)(H,16,21,22). The van der Waals surface area contributed by atoms with Crippen molar-refractivity contribution < 1.29 is 9.90 Å². The number of hydrogen-bond acceptors (Lipinski definition) is 5. The van der Waals surface area contributed by atoms with E-state index in [1.54, 1.807) is 0 Å². The summed E-state index contributed by atoms with van der Waals surface area (Å²) in [5.74, 6) is -0.766. The Morgan fingerprint density at radius 3 is 2.73 bits per heavy atom. The molecule has 0 unspecified atom stereocenters. The molecule has 2 aromatic heterocycles. The summed E-state index contributed by atoms with van der Waals surface area (Å²) in [5.41, 5.74) is -0.947. The summed E-state index contributed by atoms with van der Waals surface area (Å²) >= 11 is 0. The molecule has 0 radical (unpaired) electrons. The number of rotatable bonds is 4. The molecule has 118 valence electrons. The highest BCUT2D eigenvalue weighted by molar-refractivity contribution is 5.77. The number of anilines is 1. The van der Waals surface area contributed by atoms with Crippen LogP contribution in [0.2, 0.25) is 0 Å². The van der Waals surface area contributed by atoms with E-state index in [0.29, 0.717) is 5.95 Å². The third kappa shape index (κ3) is 2.38. The SMILES string of the molecule is Cn1c(=O)[nH]c(=O)c2c1nc(NC1CCCC1)n2CC(=O)O. The highest BCUT2D eigenvalue weighted by Crippen LogP contribution is 2.23. The second-order valence-electron chi connectivity index (χ2n) is 5.53. The van der Waals surface area contributed by atoms with E-state index in [-0.39, 0.29) is 17.2 Å². The molecule has 0 aromatic carbocycles. The van der Waals surface area contributed by atoms with Crippen molar-refractivity contribution in [3.63, 3.8) is 0 Å². The molecule has 22 heavy (non-hydrogen) atoms. The molecule has 0 spiro atoms. The number of aromatic nitrogens is 4. The van der Waals surface area contributed by atoms with Gasteiger partial charge >= 0.3 is 11.7 Å². The van der Waals surface area contributed by atoms with E-state index in [4.69, 9.17) is 5.11 Å². The van der Waals surface area contributed by atoms with E-state index in [1.165, 1.54) is 16.2 Å². The first kappa shape index (κ1) is 14.4. The van der Waals surface area contributed by atoms with Crippen molar-refractivity contribution in [2.24, 2.45) is 7.05 Å². The first-order valence-corrected chi connectivity index (χ1v) is 7.15. The number of carboxylic acid groups (broad SMARTS) is 1. The first-order valence-electron chi connectivity index (χ1n) is 7.15. The Hall–Kier alpha value is -2.58. The van der Waals surface area contributed by atoms with Crippen molar-refractivity contribution in [3.8, 4) is 0 Å². The van der Waals surface area contributed by atoms with Crippen LogP contribution < -0.4 is 16.6 Å². The number of aromatic amines is 1. The van der Waals surface area contributed by atoms with Gasteiger partial charge in [-0.2, -0.15) is 4.98 Å². The largest absolute Gasteiger partial charge is 0.480 e. The summed E-state index contributed by atoms with van der Waals surface area (Å²) in [6.07, 6.45) is 4.17. The molecule has 0 atom stereocenters. The second-order valence-corrected chi connectivity index (χ2v) is 5.53. The minimum atomic E-state index is -1.08. The molecule has 1 saturated carbocycles. The van der Waals surface area contributed by atoms with E-state index in [0.717, 1.165) is 25.7 Å². The zero-order valence-electron chi connectivity index (χ0n) is 12.1. The first-order chi connectivity index (χ1) is 10.5. The molecule has 0 bridgehead atoms. The molecule has 0 saturated heterocycles. The van der Waals surface area contributed by atoms with E-state index >= 15 is 0 Å². The third-order valence-electron chi connectivity index (χ3n) is 3.99. The maximum Gasteiger partial charge on any atom is 0.329 e. The fourth-order valence-electron chi connectivity index (χ4n) is 2.89. The molecule has 1 aliphatic rings. The normalized spacial score (nSPS) is 15.5. The average Bonchev–Trinajstić information content (AvgIpc) is 3.05. The van der Waals surface area contributed by atoms with Gasteiger partial charge in [0.1, 0.15) is 6.54 Å². The summed E-state index contributed by atoms with van der Waals surface area (Å²) in [7, 11) is 1.48. The van der Waals surface area contributed by atoms with Gasteiger partial charge in [-0.1, -0.05) is 12.8 Å². The number of nitrogens with zero attached hydrogens (tertiary/aromatic N) is 3. The van der Waals surface area contributed by atoms with Crippen LogP contribution in [-0.2, 0) is 18.4 Å². The maximum absolute atomic E-state index is 12.1. The van der Waals surface area contributed by atoms with Gasteiger partial charge in [0, 0.05) is 13.1 Å². The fourth-order valence-corrected chi connectivity index (χ4v) is 2.89. The molecular weight excluding hydrogens is 290 g/mol. The molecule has 3 rings (SSSR count). The minimum absolute atomic E-state index is 0.0880. The Labute approximate surface area is 124 Å². The summed E-state index contributed by atoms with van der Waals surface area (Å²) in [6, 6.07) is 0.209. The lowest BCUT2D eigenvalue weighted by molar-refractivity contribution is -0.137. The van der Waals surface area contributed by atoms with Crippen molar-refractivity contribution in [1.29, 1.82) is 0 Å². The van der Waals surface area contributed by atoms with Crippen molar-refractivity contribution in [1.82, 2.24) is 19.1 Å². The molecular formula is C13H17N5O4. The smallest absolute Gasteiger partial charge is 0.329 e. The monoisotopic (exact) mass is 307 g/mol. The van der Waals surface area contributed by atoms with Gasteiger partial charge in [0.25, 0.3) is 5.56 Å². The highest BCUT2D eigenvalue weighted by Gasteiger charge is 2.22. The van der Waals surface area contributed by atoms with Gasteiger partial charge < -0.3 is 10.4 Å². The Morgan fingerprint density at radius 1 is 1.41 bits per heavy atom. The summed E-state index contributed by atoms with van der Waals surface area (Å²) in [5, 5.41) is 12.3. The zero-order chi connectivity index (χ0) is 15.9. The van der Waals surface area contributed by atoms with Crippen LogP contribution >= 0.6 is 0 Å². The van der Waals surface area contributed by atoms with Gasteiger partial charge in [-0.3, -0.25) is 23.7 Å². The number of H-pyrrole nitrogens is 1. The minimum Gasteiger partial charge on any atom is -0.480 e. The van der Waals surface area contributed by atoms with Gasteiger partial charge in [-0.05, 0) is 12.8 Å². The van der Waals surface area contributed by atoms with E-state index in [1.807, 2.05) is 0 Å². The third-order valence-corrected chi connectivity index (χ3v) is 3.99. The van der Waals surface area contributed by atoms with Gasteiger partial charge in [-0.25, -0.2) is 4.79 Å². The maximum atomic E-state index is 12.1. The predicted molar refractivity (Wildman–Crippen MR) is 79.1 cm³/mol. The van der Waals surface area contributed by atoms with E-state index in [9.17, 15) is 14.4 Å². The number of aliphatic carboxylic acids is 1. The van der Waals surface area contributed by atoms with Crippen LogP contribution in [-0.4, -0.2) is 36.2 Å². The Kier molecular flexibility index (Phi) is 3.47. The number of carboxylic acids is 1. The second kappa shape index (κ2) is 5.32. The molecule has 9 nitrogen and oxygen atoms in total. The van der Waals surface area contributed by atoms with Crippen LogP contribution in [0.1, 0.15) is 25.7 Å². The van der Waals surface area contributed by atoms with Gasteiger partial charge in [0.15, 0.2) is 11.2 Å². The van der Waals surface area contributed by atoms with Gasteiger partial charge in [-0.15, -0.1) is 0 Å². The Balaban J connectivity index is 2.19. The van der Waals surface area contributed by atoms with Crippen molar-refractivity contribution in [2.45, 2.75) is 38.3 Å². The van der Waals surface area contributed by atoms with Crippen LogP contribution in [0.15, 0.2) is 9.59 Å². The Bertz CT molecular complexity index is 840. The fraction of sp³-hybridized carbons (Fsp3) is 0.538. The van der Waals surface area contributed by atoms with Gasteiger partial charge in [0.05, 0.1) is 0 Å². The van der Waals surface area contributed by atoms with Crippen molar-refractivity contribution >= 4 is 23.1 Å². The molecule has 0 amide bonds. The molecule has 3 N–H and O–H groups in total. The molecule has 2 heterocycles. The van der Waals surface area contributed by atoms with Crippen LogP contribution in [0.25, 0.3) is 11.2 Å². The molecule has 2 aromatic rings. The van der Waals surface area contributed by atoms with Crippen LogP contribution in [0.5, 0.6) is 0 Å². The van der Waals surface area contributed by atoms with Gasteiger partial charge in [0.2, 0.25) is 5.95 Å². The Morgan fingerprint density at radius 2 is 2.09 bits per heavy atom. The average molecular weight is 307 g/mol. The topological polar surface area (TPSA) is 122 Å². The number of fused-ring (bicyclic) bond motifs is 1. The number of aryl methyl sites for hydroxylation is 1. The zero-order valence-corrected chi connectivity index (χ0v) is 12.1. The number of imidazole rings is 1. The summed E-state index contributed by atoms with van der Waals surface area (Å²) in [4.78, 5) is 41.3. The molecule has 9 heteroatoms. The quantitative estimate of drug-likeness (QED) is 0.723. The lowest BCUT2D eigenvalue weighted by Crippen LogP contribution is -2.29. The lowest BCUT2D eigenvalue weighted by atomic mass is 10.2. The number of carbonyl (C=O) groups is 1. The number of nitrogens with one attached hydrogen (secondary N) is 2. The predicted octanol–water partition coefficient (Wildman–Crippen LogP) is -0.138. The molecule has 1 aliphatic carbocycles. The summed E-state index contributed by atoms with van der Waals surface area (Å²) in [6.45, 7) is -0.396. The highest BCUT2D eigenvalue weighted by atomic mass is 16.4. The van der Waals surface area contributed by atoms with Crippen molar-refractivity contribution in [2.75, 3.05) is 5.32 Å². The number of hydrogen-bond donors (Lipinski definition) is 3. The van der Waals surface area contributed by atoms with Crippen LogP contribution in [0.3, 0.4) is 0 Å². The lowest BCUT2D eigenvalue weighted by Gasteiger charge is -2.13. The summed E-state index contributed by atoms with van der Waals surface area (Å²) < 4.78 is 2.52. The molecule has 1 fully saturated rings. The van der Waals surface area contributed by atoms with E-state index in [2.05, 4.69) is 15.3 Å². The van der Waals surface area contributed by atoms with Crippen LogP contribution in [0.4, 0.5) is 5.95 Å².